The molecule has 0 fully saturated rings. The Hall–Kier alpha value is -1.04. The number of carbonyl (C=O) groups excluding carboxylic acids is 1. The van der Waals surface area contributed by atoms with Gasteiger partial charge in [-0.3, -0.25) is 4.79 Å². The first-order chi connectivity index (χ1) is 5.10. The van der Waals surface area contributed by atoms with E-state index in [2.05, 4.69) is 4.74 Å². The Morgan fingerprint density at radius 1 is 1.90 bits per heavy atom. The standard InChI is InChI=1S/C7H11NO2/c1-3-6(5-8)7(9)10-4-2/h6H,3-4H2,1-2H3/i6D. The van der Waals surface area contributed by atoms with Gasteiger partial charge in [-0.15, -0.1) is 0 Å². The predicted molar refractivity (Wildman–Crippen MR) is 36.0 cm³/mol. The number of hydrogen-bond donors (Lipinski definition) is 0. The molecule has 3 nitrogen and oxygen atoms in total. The average Bonchev–Trinajstić information content (AvgIpc) is 2.03. The molecule has 10 heavy (non-hydrogen) atoms. The minimum Gasteiger partial charge on any atom is -0.465 e. The Morgan fingerprint density at radius 3 is 2.80 bits per heavy atom. The number of esters is 1. The number of carbonyl (C=O) groups is 1. The van der Waals surface area contributed by atoms with Crippen LogP contribution in [0.1, 0.15) is 21.6 Å². The van der Waals surface area contributed by atoms with Gasteiger partial charge in [0.2, 0.25) is 0 Å². The van der Waals surface area contributed by atoms with Crippen molar-refractivity contribution in [3.63, 3.8) is 0 Å². The molecule has 0 spiro atoms. The lowest BCUT2D eigenvalue weighted by Gasteiger charge is -2.03. The fraction of sp³-hybridized carbons (Fsp3) is 0.714. The van der Waals surface area contributed by atoms with Crippen LogP contribution in [-0.4, -0.2) is 12.6 Å². The second-order valence-electron chi connectivity index (χ2n) is 1.66. The van der Waals surface area contributed by atoms with E-state index in [4.69, 9.17) is 6.63 Å². The van der Waals surface area contributed by atoms with Crippen LogP contribution >= 0.6 is 0 Å². The van der Waals surface area contributed by atoms with Gasteiger partial charge >= 0.3 is 5.97 Å². The van der Waals surface area contributed by atoms with Crippen LogP contribution in [0.25, 0.3) is 0 Å². The summed E-state index contributed by atoms with van der Waals surface area (Å²) in [5, 5.41) is 8.44. The molecule has 1 unspecified atom stereocenters. The maximum atomic E-state index is 10.9. The zero-order chi connectivity index (χ0) is 8.91. The van der Waals surface area contributed by atoms with E-state index in [0.717, 1.165) is 0 Å². The van der Waals surface area contributed by atoms with E-state index >= 15 is 0 Å². The Kier molecular flexibility index (Phi) is 3.40. The van der Waals surface area contributed by atoms with Crippen LogP contribution in [0, 0.1) is 17.2 Å². The maximum absolute atomic E-state index is 10.9. The van der Waals surface area contributed by atoms with Crippen molar-refractivity contribution in [1.29, 1.82) is 5.26 Å². The van der Waals surface area contributed by atoms with Crippen LogP contribution in [0.3, 0.4) is 0 Å². The molecule has 0 amide bonds. The normalized spacial score (nSPS) is 16.3. The molecular weight excluding hydrogens is 130 g/mol. The molecule has 0 radical (unpaired) electrons. The van der Waals surface area contributed by atoms with Crippen molar-refractivity contribution in [2.24, 2.45) is 5.89 Å². The Balaban J connectivity index is 4.28. The molecule has 0 aliphatic rings. The summed E-state index contributed by atoms with van der Waals surface area (Å²) < 4.78 is 11.8. The van der Waals surface area contributed by atoms with Crippen LogP contribution in [0.5, 0.6) is 0 Å². The van der Waals surface area contributed by atoms with Crippen LogP contribution in [0.15, 0.2) is 0 Å². The third kappa shape index (κ3) is 2.49. The first kappa shape index (κ1) is 7.07. The quantitative estimate of drug-likeness (QED) is 0.554. The zero-order valence-corrected chi connectivity index (χ0v) is 6.18. The second kappa shape index (κ2) is 4.80. The Labute approximate surface area is 62.0 Å². The highest BCUT2D eigenvalue weighted by Crippen LogP contribution is 2.02. The third-order valence-corrected chi connectivity index (χ3v) is 1.01. The van der Waals surface area contributed by atoms with Gasteiger partial charge in [-0.05, 0) is 13.3 Å². The fourth-order valence-electron chi connectivity index (χ4n) is 0.487. The van der Waals surface area contributed by atoms with E-state index in [1.807, 2.05) is 0 Å². The van der Waals surface area contributed by atoms with Crippen molar-refractivity contribution in [1.82, 2.24) is 0 Å². The van der Waals surface area contributed by atoms with E-state index in [1.54, 1.807) is 19.9 Å². The van der Waals surface area contributed by atoms with Gasteiger partial charge in [-0.25, -0.2) is 0 Å². The molecule has 0 rings (SSSR count). The minimum atomic E-state index is -1.71. The zero-order valence-electron chi connectivity index (χ0n) is 7.18. The third-order valence-electron chi connectivity index (χ3n) is 1.01. The highest BCUT2D eigenvalue weighted by molar-refractivity contribution is 5.74. The highest BCUT2D eigenvalue weighted by atomic mass is 16.5. The number of hydrogen-bond acceptors (Lipinski definition) is 3. The molecule has 0 aromatic carbocycles. The van der Waals surface area contributed by atoms with E-state index < -0.39 is 11.9 Å². The summed E-state index contributed by atoms with van der Waals surface area (Å²) in [6, 6.07) is 1.60. The molecular formula is C7H11NO2. The number of nitriles is 1. The molecule has 0 saturated carbocycles. The number of rotatable bonds is 3. The summed E-state index contributed by atoms with van der Waals surface area (Å²) in [4.78, 5) is 10.9. The van der Waals surface area contributed by atoms with Gasteiger partial charge in [0.15, 0.2) is 0 Å². The molecule has 0 bridgehead atoms. The minimum absolute atomic E-state index is 0.155. The SMILES string of the molecule is [2H]C(C#N)(CC)C(=O)OCC. The van der Waals surface area contributed by atoms with Gasteiger partial charge in [0.1, 0.15) is 5.89 Å². The number of ether oxygens (including phenoxy) is 1. The monoisotopic (exact) mass is 142 g/mol. The van der Waals surface area contributed by atoms with Gasteiger partial charge in [-0.1, -0.05) is 6.92 Å². The lowest BCUT2D eigenvalue weighted by atomic mass is 10.1. The molecule has 0 aromatic heterocycles. The first-order valence-electron chi connectivity index (χ1n) is 3.69. The van der Waals surface area contributed by atoms with E-state index in [1.165, 1.54) is 0 Å². The van der Waals surface area contributed by atoms with Crippen molar-refractivity contribution >= 4 is 5.97 Å². The fourth-order valence-corrected chi connectivity index (χ4v) is 0.487. The van der Waals surface area contributed by atoms with Gasteiger partial charge in [0, 0.05) is 0 Å². The summed E-state index contributed by atoms with van der Waals surface area (Å²) in [6.45, 7) is 3.46. The molecule has 0 N–H and O–H groups in total. The second-order valence-corrected chi connectivity index (χ2v) is 1.66. The lowest BCUT2D eigenvalue weighted by molar-refractivity contribution is -0.146. The van der Waals surface area contributed by atoms with Crippen molar-refractivity contribution in [3.05, 3.63) is 0 Å². The molecule has 0 aliphatic carbocycles. The van der Waals surface area contributed by atoms with Crippen LogP contribution in [0.4, 0.5) is 0 Å². The van der Waals surface area contributed by atoms with Gasteiger partial charge < -0.3 is 4.74 Å². The molecule has 56 valence electrons. The summed E-state index contributed by atoms with van der Waals surface area (Å²) in [6.07, 6.45) is 0.155. The predicted octanol–water partition coefficient (Wildman–Crippen LogP) is 1.10. The first-order valence-corrected chi connectivity index (χ1v) is 3.19. The van der Waals surface area contributed by atoms with Crippen LogP contribution in [0.2, 0.25) is 0 Å². The van der Waals surface area contributed by atoms with Crippen molar-refractivity contribution in [3.8, 4) is 6.07 Å². The van der Waals surface area contributed by atoms with Crippen molar-refractivity contribution < 1.29 is 10.9 Å². The molecule has 0 aliphatic heterocycles. The Bertz CT molecular complexity index is 187. The summed E-state index contributed by atoms with van der Waals surface area (Å²) in [5.41, 5.74) is 0. The van der Waals surface area contributed by atoms with Crippen molar-refractivity contribution in [2.45, 2.75) is 20.3 Å². The molecule has 0 aromatic rings. The summed E-state index contributed by atoms with van der Waals surface area (Å²) >= 11 is 0. The summed E-state index contributed by atoms with van der Waals surface area (Å²) in [5.74, 6) is -2.47. The maximum Gasteiger partial charge on any atom is 0.323 e. The lowest BCUT2D eigenvalue weighted by Crippen LogP contribution is -2.14. The molecule has 0 saturated heterocycles. The van der Waals surface area contributed by atoms with Gasteiger partial charge in [-0.2, -0.15) is 5.26 Å². The van der Waals surface area contributed by atoms with Crippen LogP contribution < -0.4 is 0 Å². The Morgan fingerprint density at radius 2 is 2.50 bits per heavy atom. The van der Waals surface area contributed by atoms with E-state index in [-0.39, 0.29) is 13.0 Å². The van der Waals surface area contributed by atoms with Crippen LogP contribution in [-0.2, 0) is 9.53 Å². The number of nitrogens with zero attached hydrogens (tertiary/aromatic N) is 1. The topological polar surface area (TPSA) is 50.1 Å². The van der Waals surface area contributed by atoms with Crippen molar-refractivity contribution in [2.75, 3.05) is 6.61 Å². The van der Waals surface area contributed by atoms with E-state index in [0.29, 0.717) is 0 Å². The highest BCUT2D eigenvalue weighted by Gasteiger charge is 2.15. The molecule has 1 atom stereocenters. The average molecular weight is 142 g/mol. The van der Waals surface area contributed by atoms with E-state index in [9.17, 15) is 4.79 Å². The smallest absolute Gasteiger partial charge is 0.323 e. The summed E-state index contributed by atoms with van der Waals surface area (Å²) in [7, 11) is 0. The largest absolute Gasteiger partial charge is 0.465 e. The van der Waals surface area contributed by atoms with Gasteiger partial charge in [0.05, 0.1) is 14.0 Å². The molecule has 0 heterocycles. The molecule has 3 heteroatoms. The van der Waals surface area contributed by atoms with Gasteiger partial charge in [0.25, 0.3) is 0 Å².